The third-order valence-electron chi connectivity index (χ3n) is 1.34. The van der Waals surface area contributed by atoms with Crippen molar-refractivity contribution >= 4 is 0 Å². The van der Waals surface area contributed by atoms with Gasteiger partial charge in [0.15, 0.2) is 0 Å². The largest absolute Gasteiger partial charge is 0.328 e. The quantitative estimate of drug-likeness (QED) is 0.705. The highest BCUT2D eigenvalue weighted by Crippen LogP contribution is 2.02. The maximum atomic E-state index is 11.8. The summed E-state index contributed by atoms with van der Waals surface area (Å²) >= 11 is 0. The summed E-state index contributed by atoms with van der Waals surface area (Å²) in [6.07, 6.45) is 0.492. The number of hydrogen-bond acceptors (Lipinski definition) is 2. The molecule has 0 spiro atoms. The topological polar surface area (TPSA) is 43.8 Å². The van der Waals surface area contributed by atoms with Crippen LogP contribution in [0.2, 0.25) is 0 Å². The van der Waals surface area contributed by atoms with Crippen LogP contribution in [0, 0.1) is 0 Å². The predicted molar refractivity (Wildman–Crippen MR) is 36.1 cm³/mol. The molecule has 1 aromatic rings. The Hall–Kier alpha value is -0.970. The van der Waals surface area contributed by atoms with E-state index in [9.17, 15) is 8.78 Å². The van der Waals surface area contributed by atoms with E-state index in [1.165, 1.54) is 17.1 Å². The Morgan fingerprint density at radius 1 is 1.64 bits per heavy atom. The highest BCUT2D eigenvalue weighted by molar-refractivity contribution is 4.97. The van der Waals surface area contributed by atoms with Crippen molar-refractivity contribution in [2.75, 3.05) is 0 Å². The van der Waals surface area contributed by atoms with E-state index >= 15 is 0 Å². The van der Waals surface area contributed by atoms with Crippen molar-refractivity contribution in [3.63, 3.8) is 0 Å². The molecule has 0 aliphatic rings. The minimum atomic E-state index is -2.35. The van der Waals surface area contributed by atoms with Crippen LogP contribution in [0.15, 0.2) is 12.5 Å². The van der Waals surface area contributed by atoms with Crippen LogP contribution in [-0.2, 0) is 13.1 Å². The van der Waals surface area contributed by atoms with Crippen LogP contribution in [0.25, 0.3) is 0 Å². The van der Waals surface area contributed by atoms with Gasteiger partial charge in [0.05, 0.1) is 18.6 Å². The molecule has 0 atom stereocenters. The average Bonchev–Trinajstić information content (AvgIpc) is 2.34. The third kappa shape index (κ3) is 1.98. The van der Waals surface area contributed by atoms with Gasteiger partial charge < -0.3 is 10.3 Å². The molecule has 3 nitrogen and oxygen atoms in total. The van der Waals surface area contributed by atoms with Gasteiger partial charge in [-0.3, -0.25) is 0 Å². The van der Waals surface area contributed by atoms with Gasteiger partial charge in [0.1, 0.15) is 0 Å². The van der Waals surface area contributed by atoms with Crippen molar-refractivity contribution in [2.45, 2.75) is 19.5 Å². The predicted octanol–water partition coefficient (Wildman–Crippen LogP) is 0.607. The zero-order valence-corrected chi connectivity index (χ0v) is 5.87. The molecule has 1 rings (SSSR count). The second-order valence-corrected chi connectivity index (χ2v) is 2.13. The van der Waals surface area contributed by atoms with Gasteiger partial charge in [-0.05, 0) is 0 Å². The number of nitrogens with zero attached hydrogens (tertiary/aromatic N) is 2. The molecule has 11 heavy (non-hydrogen) atoms. The first-order valence-electron chi connectivity index (χ1n) is 3.21. The SMILES string of the molecule is NCc1cncn1CC(F)F. The molecule has 1 heterocycles. The number of nitrogens with two attached hydrogens (primary N) is 1. The smallest absolute Gasteiger partial charge is 0.256 e. The Kier molecular flexibility index (Phi) is 2.53. The minimum absolute atomic E-state index is 0.243. The maximum Gasteiger partial charge on any atom is 0.256 e. The van der Waals surface area contributed by atoms with Crippen LogP contribution in [-0.4, -0.2) is 16.0 Å². The van der Waals surface area contributed by atoms with Crippen LogP contribution in [0.5, 0.6) is 0 Å². The second kappa shape index (κ2) is 3.43. The first-order valence-corrected chi connectivity index (χ1v) is 3.21. The molecule has 1 aromatic heterocycles. The molecule has 0 aromatic carbocycles. The summed E-state index contributed by atoms with van der Waals surface area (Å²) in [5.41, 5.74) is 5.89. The number of rotatable bonds is 3. The van der Waals surface area contributed by atoms with E-state index in [4.69, 9.17) is 5.73 Å². The van der Waals surface area contributed by atoms with Crippen LogP contribution in [0.3, 0.4) is 0 Å². The average molecular weight is 161 g/mol. The van der Waals surface area contributed by atoms with E-state index in [0.717, 1.165) is 0 Å². The van der Waals surface area contributed by atoms with Gasteiger partial charge in [0, 0.05) is 12.7 Å². The molecule has 0 fully saturated rings. The number of hydrogen-bond donors (Lipinski definition) is 1. The third-order valence-corrected chi connectivity index (χ3v) is 1.34. The van der Waals surface area contributed by atoms with Gasteiger partial charge in [-0.15, -0.1) is 0 Å². The Bertz CT molecular complexity index is 221. The monoisotopic (exact) mass is 161 g/mol. The highest BCUT2D eigenvalue weighted by Gasteiger charge is 2.06. The molecule has 0 saturated carbocycles. The molecule has 0 bridgehead atoms. The molecular weight excluding hydrogens is 152 g/mol. The van der Waals surface area contributed by atoms with Crippen molar-refractivity contribution in [2.24, 2.45) is 5.73 Å². The van der Waals surface area contributed by atoms with Crippen LogP contribution < -0.4 is 5.73 Å². The number of aromatic nitrogens is 2. The molecule has 0 saturated heterocycles. The zero-order chi connectivity index (χ0) is 8.27. The molecule has 0 radical (unpaired) electrons. The van der Waals surface area contributed by atoms with Crippen molar-refractivity contribution in [1.29, 1.82) is 0 Å². The lowest BCUT2D eigenvalue weighted by atomic mass is 10.4. The lowest BCUT2D eigenvalue weighted by Gasteiger charge is -2.03. The van der Waals surface area contributed by atoms with Crippen molar-refractivity contribution in [3.8, 4) is 0 Å². The Morgan fingerprint density at radius 3 is 2.91 bits per heavy atom. The first kappa shape index (κ1) is 8.13. The van der Waals surface area contributed by atoms with E-state index in [0.29, 0.717) is 5.69 Å². The van der Waals surface area contributed by atoms with Crippen molar-refractivity contribution < 1.29 is 8.78 Å². The van der Waals surface area contributed by atoms with Crippen molar-refractivity contribution in [1.82, 2.24) is 9.55 Å². The summed E-state index contributed by atoms with van der Waals surface area (Å²) in [5, 5.41) is 0. The molecule has 0 aliphatic carbocycles. The molecule has 5 heteroatoms. The van der Waals surface area contributed by atoms with E-state index in [-0.39, 0.29) is 13.1 Å². The number of imidazole rings is 1. The van der Waals surface area contributed by atoms with E-state index < -0.39 is 6.43 Å². The van der Waals surface area contributed by atoms with Gasteiger partial charge in [-0.25, -0.2) is 13.8 Å². The molecule has 0 aliphatic heterocycles. The standard InChI is InChI=1S/C6H9F2N3/c7-6(8)3-11-4-10-2-5(11)1-9/h2,4,6H,1,3,9H2. The molecule has 0 unspecified atom stereocenters. The summed E-state index contributed by atoms with van der Waals surface area (Å²) in [5.74, 6) is 0. The Morgan fingerprint density at radius 2 is 2.36 bits per heavy atom. The molecule has 0 amide bonds. The summed E-state index contributed by atoms with van der Waals surface area (Å²) in [6, 6.07) is 0. The van der Waals surface area contributed by atoms with E-state index in [2.05, 4.69) is 4.98 Å². The maximum absolute atomic E-state index is 11.8. The second-order valence-electron chi connectivity index (χ2n) is 2.13. The molecule has 62 valence electrons. The molecule has 2 N–H and O–H groups in total. The zero-order valence-electron chi connectivity index (χ0n) is 5.87. The van der Waals surface area contributed by atoms with Gasteiger partial charge in [-0.1, -0.05) is 0 Å². The minimum Gasteiger partial charge on any atom is -0.328 e. The fraction of sp³-hybridized carbons (Fsp3) is 0.500. The summed E-state index contributed by atoms with van der Waals surface area (Å²) in [7, 11) is 0. The fourth-order valence-electron chi connectivity index (χ4n) is 0.831. The lowest BCUT2D eigenvalue weighted by Crippen LogP contribution is -2.11. The number of alkyl halides is 2. The van der Waals surface area contributed by atoms with Gasteiger partial charge in [0.25, 0.3) is 6.43 Å². The fourth-order valence-corrected chi connectivity index (χ4v) is 0.831. The Balaban J connectivity index is 2.68. The van der Waals surface area contributed by atoms with E-state index in [1.54, 1.807) is 0 Å². The van der Waals surface area contributed by atoms with Gasteiger partial charge >= 0.3 is 0 Å². The summed E-state index contributed by atoms with van der Waals surface area (Å²) in [4.78, 5) is 3.70. The van der Waals surface area contributed by atoms with Gasteiger partial charge in [-0.2, -0.15) is 0 Å². The lowest BCUT2D eigenvalue weighted by molar-refractivity contribution is 0.125. The number of halogens is 2. The van der Waals surface area contributed by atoms with Crippen LogP contribution in [0.1, 0.15) is 5.69 Å². The van der Waals surface area contributed by atoms with E-state index in [1.807, 2.05) is 0 Å². The summed E-state index contributed by atoms with van der Waals surface area (Å²) in [6.45, 7) is -0.0841. The van der Waals surface area contributed by atoms with Crippen LogP contribution in [0.4, 0.5) is 8.78 Å². The van der Waals surface area contributed by atoms with Crippen molar-refractivity contribution in [3.05, 3.63) is 18.2 Å². The summed E-state index contributed by atoms with van der Waals surface area (Å²) < 4.78 is 25.0. The highest BCUT2D eigenvalue weighted by atomic mass is 19.3. The Labute approximate surface area is 62.8 Å². The van der Waals surface area contributed by atoms with Crippen LogP contribution >= 0.6 is 0 Å². The first-order chi connectivity index (χ1) is 5.24. The van der Waals surface area contributed by atoms with Gasteiger partial charge in [0.2, 0.25) is 0 Å². The molecular formula is C6H9F2N3. The normalized spacial score (nSPS) is 10.9.